The van der Waals surface area contributed by atoms with Crippen molar-refractivity contribution >= 4 is 34.8 Å². The second-order valence-electron chi connectivity index (χ2n) is 7.32. The van der Waals surface area contributed by atoms with Crippen molar-refractivity contribution in [1.29, 1.82) is 0 Å². The maximum atomic E-state index is 12.4. The Morgan fingerprint density at radius 3 is 2.55 bits per heavy atom. The lowest BCUT2D eigenvalue weighted by Gasteiger charge is -2.29. The first-order chi connectivity index (χ1) is 16.1. The lowest BCUT2D eigenvalue weighted by atomic mass is 10.2. The molecule has 0 aliphatic carbocycles. The van der Waals surface area contributed by atoms with Gasteiger partial charge in [0.15, 0.2) is 13.2 Å². The molecule has 0 bridgehead atoms. The van der Waals surface area contributed by atoms with Crippen LogP contribution in [0.3, 0.4) is 0 Å². The highest BCUT2D eigenvalue weighted by atomic mass is 35.5. The SMILES string of the molecule is O=C(COc1ccc(Cl)cc1)Nc1ccc2c(c1)OCC(=O)N2CCCOc1ccccc1. The number of rotatable bonds is 9. The van der Waals surface area contributed by atoms with E-state index in [0.717, 1.165) is 5.75 Å². The number of para-hydroxylation sites is 1. The largest absolute Gasteiger partial charge is 0.494 e. The second kappa shape index (κ2) is 10.7. The van der Waals surface area contributed by atoms with E-state index in [0.29, 0.717) is 47.5 Å². The minimum absolute atomic E-state index is 0.0520. The van der Waals surface area contributed by atoms with Gasteiger partial charge >= 0.3 is 0 Å². The number of amides is 2. The van der Waals surface area contributed by atoms with Gasteiger partial charge in [0, 0.05) is 23.3 Å². The third-order valence-corrected chi connectivity index (χ3v) is 5.16. The summed E-state index contributed by atoms with van der Waals surface area (Å²) in [5.41, 5.74) is 1.22. The number of nitrogens with zero attached hydrogens (tertiary/aromatic N) is 1. The van der Waals surface area contributed by atoms with Gasteiger partial charge in [-0.15, -0.1) is 0 Å². The average molecular weight is 467 g/mol. The van der Waals surface area contributed by atoms with Crippen LogP contribution in [0.4, 0.5) is 11.4 Å². The Balaban J connectivity index is 1.31. The molecule has 1 aliphatic rings. The number of anilines is 2. The molecule has 0 aromatic heterocycles. The van der Waals surface area contributed by atoms with Crippen molar-refractivity contribution in [2.45, 2.75) is 6.42 Å². The van der Waals surface area contributed by atoms with Crippen molar-refractivity contribution in [3.8, 4) is 17.2 Å². The molecule has 4 rings (SSSR count). The standard InChI is InChI=1S/C25H23ClN2O5/c26-18-7-10-21(11-8-18)32-16-24(29)27-19-9-12-22-23(15-19)33-17-25(30)28(22)13-4-14-31-20-5-2-1-3-6-20/h1-3,5-12,15H,4,13-14,16-17H2,(H,27,29). The molecule has 7 nitrogen and oxygen atoms in total. The number of hydrogen-bond acceptors (Lipinski definition) is 5. The molecule has 3 aromatic rings. The minimum Gasteiger partial charge on any atom is -0.494 e. The zero-order valence-corrected chi connectivity index (χ0v) is 18.6. The summed E-state index contributed by atoms with van der Waals surface area (Å²) in [6.07, 6.45) is 0.667. The lowest BCUT2D eigenvalue weighted by molar-refractivity contribution is -0.121. The van der Waals surface area contributed by atoms with Crippen molar-refractivity contribution in [3.05, 3.63) is 77.8 Å². The van der Waals surface area contributed by atoms with Gasteiger partial charge in [0.1, 0.15) is 17.2 Å². The van der Waals surface area contributed by atoms with E-state index >= 15 is 0 Å². The highest BCUT2D eigenvalue weighted by Gasteiger charge is 2.25. The quantitative estimate of drug-likeness (QED) is 0.468. The highest BCUT2D eigenvalue weighted by Crippen LogP contribution is 2.34. The first-order valence-electron chi connectivity index (χ1n) is 10.5. The van der Waals surface area contributed by atoms with Crippen molar-refractivity contribution in [3.63, 3.8) is 0 Å². The Hall–Kier alpha value is -3.71. The molecule has 0 unspecified atom stereocenters. The van der Waals surface area contributed by atoms with Gasteiger partial charge in [-0.2, -0.15) is 0 Å². The monoisotopic (exact) mass is 466 g/mol. The molecular formula is C25H23ClN2O5. The minimum atomic E-state index is -0.313. The molecule has 0 radical (unpaired) electrons. The Kier molecular flexibility index (Phi) is 7.32. The lowest BCUT2D eigenvalue weighted by Crippen LogP contribution is -2.39. The normalized spacial score (nSPS) is 12.5. The summed E-state index contributed by atoms with van der Waals surface area (Å²) in [7, 11) is 0. The van der Waals surface area contributed by atoms with Crippen LogP contribution in [0.5, 0.6) is 17.2 Å². The fraction of sp³-hybridized carbons (Fsp3) is 0.200. The predicted octanol–water partition coefficient (Wildman–Crippen LogP) is 4.55. The fourth-order valence-corrected chi connectivity index (χ4v) is 3.46. The van der Waals surface area contributed by atoms with E-state index < -0.39 is 0 Å². The molecule has 0 saturated carbocycles. The number of fused-ring (bicyclic) bond motifs is 1. The number of benzene rings is 3. The Morgan fingerprint density at radius 2 is 1.76 bits per heavy atom. The van der Waals surface area contributed by atoms with Crippen LogP contribution in [-0.4, -0.2) is 38.2 Å². The number of ether oxygens (including phenoxy) is 3. The predicted molar refractivity (Wildman–Crippen MR) is 126 cm³/mol. The van der Waals surface area contributed by atoms with Crippen LogP contribution in [0.2, 0.25) is 5.02 Å². The van der Waals surface area contributed by atoms with Crippen molar-refractivity contribution in [2.75, 3.05) is 36.6 Å². The molecule has 8 heteroatoms. The van der Waals surface area contributed by atoms with Crippen LogP contribution in [0.25, 0.3) is 0 Å². The number of hydrogen-bond donors (Lipinski definition) is 1. The summed E-state index contributed by atoms with van der Waals surface area (Å²) in [5, 5.41) is 3.37. The third-order valence-electron chi connectivity index (χ3n) is 4.91. The molecule has 33 heavy (non-hydrogen) atoms. The summed E-state index contributed by atoms with van der Waals surface area (Å²) >= 11 is 5.84. The summed E-state index contributed by atoms with van der Waals surface area (Å²) in [4.78, 5) is 26.3. The summed E-state index contributed by atoms with van der Waals surface area (Å²) in [6.45, 7) is 0.795. The van der Waals surface area contributed by atoms with Crippen LogP contribution >= 0.6 is 11.6 Å². The molecule has 0 fully saturated rings. The van der Waals surface area contributed by atoms with E-state index in [1.54, 1.807) is 47.4 Å². The highest BCUT2D eigenvalue weighted by molar-refractivity contribution is 6.30. The molecule has 0 spiro atoms. The van der Waals surface area contributed by atoms with E-state index in [2.05, 4.69) is 5.32 Å². The molecular weight excluding hydrogens is 444 g/mol. The topological polar surface area (TPSA) is 77.1 Å². The smallest absolute Gasteiger partial charge is 0.265 e. The molecule has 1 aliphatic heterocycles. The first-order valence-corrected chi connectivity index (χ1v) is 10.9. The van der Waals surface area contributed by atoms with Crippen molar-refractivity contribution in [1.82, 2.24) is 0 Å². The Morgan fingerprint density at radius 1 is 1.00 bits per heavy atom. The zero-order chi connectivity index (χ0) is 23.0. The fourth-order valence-electron chi connectivity index (χ4n) is 3.33. The molecule has 0 saturated heterocycles. The van der Waals surface area contributed by atoms with Gasteiger partial charge in [0.25, 0.3) is 11.8 Å². The molecule has 3 aromatic carbocycles. The second-order valence-corrected chi connectivity index (χ2v) is 7.76. The number of carbonyl (C=O) groups is 2. The molecule has 2 amide bonds. The van der Waals surface area contributed by atoms with Crippen LogP contribution < -0.4 is 24.4 Å². The number of nitrogens with one attached hydrogen (secondary N) is 1. The summed E-state index contributed by atoms with van der Waals surface area (Å²) in [6, 6.07) is 21.5. The summed E-state index contributed by atoms with van der Waals surface area (Å²) < 4.78 is 16.8. The Bertz CT molecular complexity index is 1110. The number of carbonyl (C=O) groups excluding carboxylic acids is 2. The van der Waals surface area contributed by atoms with Gasteiger partial charge in [-0.1, -0.05) is 29.8 Å². The molecule has 1 heterocycles. The van der Waals surface area contributed by atoms with Crippen LogP contribution in [0, 0.1) is 0 Å². The van der Waals surface area contributed by atoms with Crippen molar-refractivity contribution < 1.29 is 23.8 Å². The average Bonchev–Trinajstić information content (AvgIpc) is 2.83. The van der Waals surface area contributed by atoms with E-state index in [4.69, 9.17) is 25.8 Å². The van der Waals surface area contributed by atoms with E-state index in [-0.39, 0.29) is 25.0 Å². The van der Waals surface area contributed by atoms with Crippen LogP contribution in [0.1, 0.15) is 6.42 Å². The van der Waals surface area contributed by atoms with Gasteiger partial charge in [-0.25, -0.2) is 0 Å². The van der Waals surface area contributed by atoms with E-state index in [1.165, 1.54) is 0 Å². The number of halogens is 1. The van der Waals surface area contributed by atoms with Gasteiger partial charge in [0.2, 0.25) is 0 Å². The van der Waals surface area contributed by atoms with E-state index in [1.807, 2.05) is 30.3 Å². The van der Waals surface area contributed by atoms with Gasteiger partial charge in [-0.05, 0) is 55.0 Å². The maximum Gasteiger partial charge on any atom is 0.265 e. The third kappa shape index (κ3) is 6.17. The van der Waals surface area contributed by atoms with Crippen molar-refractivity contribution in [2.24, 2.45) is 0 Å². The molecule has 1 N–H and O–H groups in total. The van der Waals surface area contributed by atoms with Gasteiger partial charge in [0.05, 0.1) is 12.3 Å². The molecule has 170 valence electrons. The van der Waals surface area contributed by atoms with Gasteiger partial charge in [-0.3, -0.25) is 9.59 Å². The maximum absolute atomic E-state index is 12.4. The van der Waals surface area contributed by atoms with Gasteiger partial charge < -0.3 is 24.4 Å². The van der Waals surface area contributed by atoms with Crippen LogP contribution in [-0.2, 0) is 9.59 Å². The molecule has 0 atom stereocenters. The summed E-state index contributed by atoms with van der Waals surface area (Å²) in [5.74, 6) is 1.46. The first kappa shape index (κ1) is 22.5. The zero-order valence-electron chi connectivity index (χ0n) is 17.8. The van der Waals surface area contributed by atoms with Crippen LogP contribution in [0.15, 0.2) is 72.8 Å². The Labute approximate surface area is 196 Å². The van der Waals surface area contributed by atoms with E-state index in [9.17, 15) is 9.59 Å².